The maximum absolute atomic E-state index is 2.73. The Hall–Kier alpha value is -0.660. The molecule has 1 atom stereocenters. The fourth-order valence-electron chi connectivity index (χ4n) is 6.97. The largest absolute Gasteiger partial charge is 1.00 e. The van der Waals surface area contributed by atoms with Crippen LogP contribution in [0.3, 0.4) is 0 Å². The molecule has 0 radical (unpaired) electrons. The smallest absolute Gasteiger partial charge is 1.00 e. The number of fused-ring (bicyclic) bond motifs is 2. The molecule has 0 heterocycles. The summed E-state index contributed by atoms with van der Waals surface area (Å²) in [6.07, 6.45) is 6.43. The van der Waals surface area contributed by atoms with Crippen LogP contribution >= 0.6 is 0 Å². The molecular formula is C31H38Cl2SiZr. The summed E-state index contributed by atoms with van der Waals surface area (Å²) in [4.78, 5) is 0. The molecule has 0 aliphatic heterocycles. The summed E-state index contributed by atoms with van der Waals surface area (Å²) in [5.74, 6) is 0. The topological polar surface area (TPSA) is 0 Å². The number of benzene rings is 2. The second-order valence-corrected chi connectivity index (χ2v) is 28.7. The fraction of sp³-hybridized carbons (Fsp3) is 0.419. The summed E-state index contributed by atoms with van der Waals surface area (Å²) < 4.78 is 0.751. The van der Waals surface area contributed by atoms with Crippen LogP contribution in [0.15, 0.2) is 58.2 Å². The van der Waals surface area contributed by atoms with Gasteiger partial charge in [0.2, 0.25) is 0 Å². The molecule has 5 rings (SSSR count). The van der Waals surface area contributed by atoms with E-state index in [0.717, 1.165) is 9.17 Å². The molecule has 35 heavy (non-hydrogen) atoms. The summed E-state index contributed by atoms with van der Waals surface area (Å²) in [6.45, 7) is 19.8. The van der Waals surface area contributed by atoms with Crippen LogP contribution in [0.2, 0.25) is 18.6 Å². The Morgan fingerprint density at radius 3 is 2.11 bits per heavy atom. The first-order valence-corrected chi connectivity index (χ1v) is 20.9. The van der Waals surface area contributed by atoms with Crippen molar-refractivity contribution in [2.45, 2.75) is 83.1 Å². The van der Waals surface area contributed by atoms with Crippen LogP contribution in [-0.4, -0.2) is 5.20 Å². The van der Waals surface area contributed by atoms with Crippen LogP contribution in [-0.2, 0) is 35.2 Å². The van der Waals surface area contributed by atoms with E-state index >= 15 is 0 Å². The van der Waals surface area contributed by atoms with Crippen molar-refractivity contribution in [3.8, 4) is 11.1 Å². The zero-order valence-electron chi connectivity index (χ0n) is 22.5. The molecule has 0 nitrogen and oxygen atoms in total. The molecule has 0 amide bonds. The van der Waals surface area contributed by atoms with Gasteiger partial charge < -0.3 is 24.8 Å². The number of allylic oxidation sites excluding steroid dienone is 5. The zero-order valence-corrected chi connectivity index (χ0v) is 27.5. The first-order valence-electron chi connectivity index (χ1n) is 12.7. The van der Waals surface area contributed by atoms with E-state index in [9.17, 15) is 0 Å². The number of hydrogen-bond acceptors (Lipinski definition) is 0. The van der Waals surface area contributed by atoms with Crippen LogP contribution in [0.25, 0.3) is 17.2 Å². The summed E-state index contributed by atoms with van der Waals surface area (Å²) in [5, 5.41) is -1.38. The zero-order chi connectivity index (χ0) is 23.7. The first kappa shape index (κ1) is 28.9. The van der Waals surface area contributed by atoms with Gasteiger partial charge in [0, 0.05) is 0 Å². The molecule has 2 aromatic carbocycles. The molecule has 4 heteroatoms. The van der Waals surface area contributed by atoms with E-state index in [1.54, 1.807) is 55.7 Å². The van der Waals surface area contributed by atoms with Crippen molar-refractivity contribution in [3.05, 3.63) is 86.0 Å². The van der Waals surface area contributed by atoms with Crippen molar-refractivity contribution < 1.29 is 47.2 Å². The SMILES string of the molecule is CC1=Cc2c(cc3c(c2-c2ccccc2C)CCC3)[CH]1[Zr+2][Si](C)(C)C1C(C)=C(C)C(C)=C1C.[Cl-].[Cl-]. The van der Waals surface area contributed by atoms with Gasteiger partial charge in [-0.05, 0) is 0 Å². The summed E-state index contributed by atoms with van der Waals surface area (Å²) in [5.41, 5.74) is 20.0. The Kier molecular flexibility index (Phi) is 8.76. The predicted octanol–water partition coefficient (Wildman–Crippen LogP) is 2.96. The van der Waals surface area contributed by atoms with Gasteiger partial charge in [-0.3, -0.25) is 0 Å². The molecule has 0 aromatic heterocycles. The predicted molar refractivity (Wildman–Crippen MR) is 143 cm³/mol. The molecule has 0 saturated carbocycles. The van der Waals surface area contributed by atoms with E-state index in [0.29, 0.717) is 0 Å². The van der Waals surface area contributed by atoms with Gasteiger partial charge in [-0.25, -0.2) is 0 Å². The number of hydrogen-bond donors (Lipinski definition) is 0. The van der Waals surface area contributed by atoms with Crippen molar-refractivity contribution in [1.82, 2.24) is 0 Å². The summed E-state index contributed by atoms with van der Waals surface area (Å²) >= 11 is -0.665. The minimum Gasteiger partial charge on any atom is -1.00 e. The van der Waals surface area contributed by atoms with E-state index in [2.05, 4.69) is 91.0 Å². The van der Waals surface area contributed by atoms with Crippen molar-refractivity contribution in [3.63, 3.8) is 0 Å². The Morgan fingerprint density at radius 2 is 1.49 bits per heavy atom. The van der Waals surface area contributed by atoms with Gasteiger partial charge in [-0.1, -0.05) is 0 Å². The van der Waals surface area contributed by atoms with Gasteiger partial charge >= 0.3 is 214 Å². The third-order valence-electron chi connectivity index (χ3n) is 8.87. The molecular weight excluding hydrogens is 563 g/mol. The van der Waals surface area contributed by atoms with Crippen molar-refractivity contribution in [1.29, 1.82) is 0 Å². The maximum atomic E-state index is 2.73. The van der Waals surface area contributed by atoms with Crippen LogP contribution in [0.5, 0.6) is 0 Å². The normalized spacial score (nSPS) is 19.2. The Labute approximate surface area is 237 Å². The molecule has 0 fully saturated rings. The fourth-order valence-corrected chi connectivity index (χ4v) is 24.4. The maximum Gasteiger partial charge on any atom is -1.00 e. The molecule has 0 bridgehead atoms. The monoisotopic (exact) mass is 598 g/mol. The molecule has 0 spiro atoms. The van der Waals surface area contributed by atoms with Crippen molar-refractivity contribution >= 4 is 11.3 Å². The molecule has 1 unspecified atom stereocenters. The minimum atomic E-state index is -1.38. The van der Waals surface area contributed by atoms with E-state index in [-0.39, 0.29) is 24.8 Å². The second-order valence-electron chi connectivity index (χ2n) is 11.3. The van der Waals surface area contributed by atoms with E-state index in [1.807, 2.05) is 0 Å². The van der Waals surface area contributed by atoms with Crippen LogP contribution in [0.1, 0.15) is 72.5 Å². The quantitative estimate of drug-likeness (QED) is 0.474. The molecule has 3 aliphatic rings. The average Bonchev–Trinajstić information content (AvgIpc) is 3.40. The van der Waals surface area contributed by atoms with Crippen molar-refractivity contribution in [2.75, 3.05) is 0 Å². The summed E-state index contributed by atoms with van der Waals surface area (Å²) in [6, 6.07) is 11.7. The minimum absolute atomic E-state index is 0. The Morgan fingerprint density at radius 1 is 0.857 bits per heavy atom. The van der Waals surface area contributed by atoms with Gasteiger partial charge in [0.25, 0.3) is 0 Å². The molecule has 3 aliphatic carbocycles. The first-order chi connectivity index (χ1) is 15.6. The van der Waals surface area contributed by atoms with Crippen LogP contribution in [0, 0.1) is 6.92 Å². The number of aryl methyl sites for hydroxylation is 2. The second kappa shape index (κ2) is 10.6. The van der Waals surface area contributed by atoms with Gasteiger partial charge in [0.05, 0.1) is 0 Å². The number of halogens is 2. The van der Waals surface area contributed by atoms with Crippen LogP contribution in [0.4, 0.5) is 0 Å². The molecule has 0 saturated heterocycles. The standard InChI is InChI=1S/C20H19.C11H19Si.2ClH.Zr/c1-13-10-16-12-15-7-5-9-18(15)20(19(16)11-13)17-8-4-3-6-14(17)2;1-7-8(2)10(4)11(9(7)3)12(5)6;;;/h3-4,6,8,10-12H,5,7,9H2,1-2H3;11H,1-6H3;2*1H;/q;;;;+2/p-2. The Bertz CT molecular complexity index is 1240. The van der Waals surface area contributed by atoms with Gasteiger partial charge in [-0.15, -0.1) is 0 Å². The molecule has 0 N–H and O–H groups in total. The van der Waals surface area contributed by atoms with Gasteiger partial charge in [0.1, 0.15) is 0 Å². The van der Waals surface area contributed by atoms with Gasteiger partial charge in [0.15, 0.2) is 0 Å². The third kappa shape index (κ3) is 4.71. The third-order valence-corrected chi connectivity index (χ3v) is 23.8. The van der Waals surface area contributed by atoms with Gasteiger partial charge in [-0.2, -0.15) is 0 Å². The Balaban J connectivity index is 0.00000171. The number of rotatable bonds is 4. The van der Waals surface area contributed by atoms with Crippen LogP contribution < -0.4 is 24.8 Å². The van der Waals surface area contributed by atoms with E-state index in [4.69, 9.17) is 0 Å². The van der Waals surface area contributed by atoms with E-state index < -0.39 is 27.6 Å². The van der Waals surface area contributed by atoms with E-state index in [1.165, 1.54) is 30.4 Å². The average molecular weight is 601 g/mol. The summed E-state index contributed by atoms with van der Waals surface area (Å²) in [7, 11) is 0. The van der Waals surface area contributed by atoms with Crippen molar-refractivity contribution in [2.24, 2.45) is 0 Å². The molecule has 184 valence electrons. The molecule has 2 aromatic rings.